The first-order valence-electron chi connectivity index (χ1n) is 6.66. The van der Waals surface area contributed by atoms with Gasteiger partial charge in [-0.15, -0.1) is 0 Å². The zero-order chi connectivity index (χ0) is 12.4. The Bertz CT molecular complexity index is 400. The second kappa shape index (κ2) is 5.67. The minimum absolute atomic E-state index is 0.0241. The number of ether oxygens (including phenoxy) is 2. The smallest absolute Gasteiger partial charge is 0.195 e. The van der Waals surface area contributed by atoms with Crippen LogP contribution in [0.4, 0.5) is 0 Å². The third-order valence-electron chi connectivity index (χ3n) is 3.33. The summed E-state index contributed by atoms with van der Waals surface area (Å²) >= 11 is 3.44. The minimum Gasteiger partial charge on any atom is -0.353 e. The first-order valence-corrected chi connectivity index (χ1v) is 7.45. The largest absolute Gasteiger partial charge is 0.353 e. The van der Waals surface area contributed by atoms with Gasteiger partial charge < -0.3 is 9.47 Å². The molecule has 18 heavy (non-hydrogen) atoms. The van der Waals surface area contributed by atoms with Gasteiger partial charge >= 0.3 is 0 Å². The second-order valence-corrected chi connectivity index (χ2v) is 5.61. The fourth-order valence-corrected chi connectivity index (χ4v) is 2.55. The van der Waals surface area contributed by atoms with E-state index in [2.05, 4.69) is 26.0 Å². The van der Waals surface area contributed by atoms with E-state index in [0.717, 1.165) is 36.6 Å². The van der Waals surface area contributed by atoms with E-state index in [-0.39, 0.29) is 6.29 Å². The van der Waals surface area contributed by atoms with Crippen molar-refractivity contribution in [3.8, 4) is 0 Å². The number of aromatic nitrogens is 3. The van der Waals surface area contributed by atoms with Gasteiger partial charge in [0.15, 0.2) is 16.8 Å². The summed E-state index contributed by atoms with van der Waals surface area (Å²) in [5, 5.41) is 4.49. The molecule has 1 aromatic heterocycles. The van der Waals surface area contributed by atoms with E-state index in [4.69, 9.17) is 9.47 Å². The van der Waals surface area contributed by atoms with Crippen LogP contribution in [0.3, 0.4) is 0 Å². The maximum absolute atomic E-state index is 5.70. The zero-order valence-electron chi connectivity index (χ0n) is 10.3. The average Bonchev–Trinajstić information content (AvgIpc) is 3.17. The highest BCUT2D eigenvalue weighted by atomic mass is 79.9. The van der Waals surface area contributed by atoms with E-state index in [9.17, 15) is 0 Å². The lowest BCUT2D eigenvalue weighted by atomic mass is 10.2. The van der Waals surface area contributed by atoms with Crippen molar-refractivity contribution in [2.24, 2.45) is 0 Å². The molecule has 5 nitrogen and oxygen atoms in total. The molecule has 0 bridgehead atoms. The molecular formula is C12H18BrN3O2. The van der Waals surface area contributed by atoms with Crippen LogP contribution in [0.1, 0.15) is 43.8 Å². The Labute approximate surface area is 115 Å². The van der Waals surface area contributed by atoms with Crippen molar-refractivity contribution in [3.63, 3.8) is 0 Å². The van der Waals surface area contributed by atoms with Gasteiger partial charge in [0.25, 0.3) is 0 Å². The molecule has 0 N–H and O–H groups in total. The van der Waals surface area contributed by atoms with Gasteiger partial charge in [0, 0.05) is 12.5 Å². The van der Waals surface area contributed by atoms with Crippen molar-refractivity contribution < 1.29 is 9.47 Å². The third kappa shape index (κ3) is 3.10. The van der Waals surface area contributed by atoms with Gasteiger partial charge in [-0.05, 0) is 48.0 Å². The first-order chi connectivity index (χ1) is 8.83. The normalized spacial score (nSPS) is 24.4. The molecule has 2 heterocycles. The maximum Gasteiger partial charge on any atom is 0.195 e. The van der Waals surface area contributed by atoms with E-state index in [0.29, 0.717) is 12.5 Å². The predicted octanol–water partition coefficient (Wildman–Crippen LogP) is 2.46. The molecule has 0 radical (unpaired) electrons. The van der Waals surface area contributed by atoms with Gasteiger partial charge in [-0.2, -0.15) is 5.10 Å². The van der Waals surface area contributed by atoms with E-state index < -0.39 is 0 Å². The minimum atomic E-state index is -0.0241. The molecule has 1 saturated carbocycles. The molecule has 1 aliphatic carbocycles. The summed E-state index contributed by atoms with van der Waals surface area (Å²) in [7, 11) is 0. The van der Waals surface area contributed by atoms with Crippen molar-refractivity contribution in [3.05, 3.63) is 10.6 Å². The summed E-state index contributed by atoms with van der Waals surface area (Å²) < 4.78 is 13.9. The van der Waals surface area contributed by atoms with Crippen LogP contribution in [-0.2, 0) is 16.0 Å². The molecule has 1 saturated heterocycles. The summed E-state index contributed by atoms with van der Waals surface area (Å²) in [5.41, 5.74) is 0. The van der Waals surface area contributed by atoms with Crippen LogP contribution in [0.5, 0.6) is 0 Å². The zero-order valence-corrected chi connectivity index (χ0v) is 11.9. The fraction of sp³-hybridized carbons (Fsp3) is 0.833. The lowest BCUT2D eigenvalue weighted by Gasteiger charge is -2.22. The summed E-state index contributed by atoms with van der Waals surface area (Å²) in [6.07, 6.45) is 5.78. The molecule has 0 spiro atoms. The van der Waals surface area contributed by atoms with Crippen molar-refractivity contribution in [1.82, 2.24) is 14.8 Å². The summed E-state index contributed by atoms with van der Waals surface area (Å²) in [6, 6.07) is 0. The van der Waals surface area contributed by atoms with E-state index >= 15 is 0 Å². The molecular weight excluding hydrogens is 298 g/mol. The Morgan fingerprint density at radius 2 is 2.22 bits per heavy atom. The Morgan fingerprint density at radius 3 is 2.94 bits per heavy atom. The third-order valence-corrected chi connectivity index (χ3v) is 3.92. The Kier molecular flexibility index (Phi) is 3.96. The Morgan fingerprint density at radius 1 is 1.33 bits per heavy atom. The summed E-state index contributed by atoms with van der Waals surface area (Å²) in [5.74, 6) is 1.56. The van der Waals surface area contributed by atoms with Crippen molar-refractivity contribution >= 4 is 15.9 Å². The Balaban J connectivity index is 1.47. The second-order valence-electron chi connectivity index (χ2n) is 4.90. The summed E-state index contributed by atoms with van der Waals surface area (Å²) in [4.78, 5) is 4.42. The number of rotatable bonds is 5. The lowest BCUT2D eigenvalue weighted by molar-refractivity contribution is -0.163. The van der Waals surface area contributed by atoms with Crippen molar-refractivity contribution in [1.29, 1.82) is 0 Å². The predicted molar refractivity (Wildman–Crippen MR) is 69.2 cm³/mol. The van der Waals surface area contributed by atoms with Crippen LogP contribution in [-0.4, -0.2) is 34.3 Å². The molecule has 2 fully saturated rings. The van der Waals surface area contributed by atoms with Crippen molar-refractivity contribution in [2.45, 2.75) is 50.9 Å². The molecule has 0 aromatic carbocycles. The van der Waals surface area contributed by atoms with E-state index in [1.807, 2.05) is 4.68 Å². The van der Waals surface area contributed by atoms with Gasteiger partial charge in [-0.25, -0.2) is 9.67 Å². The van der Waals surface area contributed by atoms with Crippen LogP contribution in [0.25, 0.3) is 0 Å². The topological polar surface area (TPSA) is 49.2 Å². The summed E-state index contributed by atoms with van der Waals surface area (Å²) in [6.45, 7) is 2.17. The number of hydrogen-bond donors (Lipinski definition) is 0. The van der Waals surface area contributed by atoms with Crippen LogP contribution < -0.4 is 0 Å². The van der Waals surface area contributed by atoms with E-state index in [1.54, 1.807) is 0 Å². The van der Waals surface area contributed by atoms with Crippen LogP contribution in [0.15, 0.2) is 4.73 Å². The van der Waals surface area contributed by atoms with Gasteiger partial charge in [0.2, 0.25) is 0 Å². The monoisotopic (exact) mass is 315 g/mol. The highest BCUT2D eigenvalue weighted by Crippen LogP contribution is 2.38. The van der Waals surface area contributed by atoms with Crippen LogP contribution in [0, 0.1) is 0 Å². The van der Waals surface area contributed by atoms with E-state index in [1.165, 1.54) is 19.3 Å². The first kappa shape index (κ1) is 12.6. The maximum atomic E-state index is 5.70. The molecule has 100 valence electrons. The molecule has 2 aliphatic rings. The fourth-order valence-electron chi connectivity index (χ4n) is 2.11. The highest BCUT2D eigenvalue weighted by Gasteiger charge is 2.28. The van der Waals surface area contributed by atoms with Gasteiger partial charge in [-0.3, -0.25) is 0 Å². The lowest BCUT2D eigenvalue weighted by Crippen LogP contribution is -2.24. The Hall–Kier alpha value is -0.460. The van der Waals surface area contributed by atoms with Crippen molar-refractivity contribution in [2.75, 3.05) is 13.2 Å². The standard InChI is InChI=1S/C12H18BrN3O2/c13-12-14-11(9-4-5-9)15-16(12)6-8-18-10-3-1-2-7-17-10/h9-10H,1-8H2. The highest BCUT2D eigenvalue weighted by molar-refractivity contribution is 9.10. The molecule has 1 aromatic rings. The molecule has 1 unspecified atom stereocenters. The molecule has 3 rings (SSSR count). The molecule has 1 atom stereocenters. The average molecular weight is 316 g/mol. The number of nitrogens with zero attached hydrogens (tertiary/aromatic N) is 3. The molecule has 0 amide bonds. The van der Waals surface area contributed by atoms with Crippen LogP contribution >= 0.6 is 15.9 Å². The number of hydrogen-bond acceptors (Lipinski definition) is 4. The van der Waals surface area contributed by atoms with Gasteiger partial charge in [0.05, 0.1) is 13.2 Å². The molecule has 1 aliphatic heterocycles. The molecule has 6 heteroatoms. The number of halogens is 1. The van der Waals surface area contributed by atoms with Gasteiger partial charge in [0.1, 0.15) is 0 Å². The van der Waals surface area contributed by atoms with Crippen LogP contribution in [0.2, 0.25) is 0 Å². The quantitative estimate of drug-likeness (QED) is 0.837. The van der Waals surface area contributed by atoms with Gasteiger partial charge in [-0.1, -0.05) is 0 Å². The SMILES string of the molecule is Brc1nc(C2CC2)nn1CCOC1CCCCO1.